The van der Waals surface area contributed by atoms with Crippen molar-refractivity contribution in [2.75, 3.05) is 26.2 Å². The highest BCUT2D eigenvalue weighted by atomic mass is 35.5. The SMILES string of the molecule is CCC[C@@H](c1c(C)cccc1Cl)N1CCNCC1.Cl.Cl. The van der Waals surface area contributed by atoms with Crippen LogP contribution in [0.5, 0.6) is 0 Å². The lowest BCUT2D eigenvalue weighted by molar-refractivity contribution is 0.164. The molecule has 1 fully saturated rings. The first kappa shape index (κ1) is 20.0. The summed E-state index contributed by atoms with van der Waals surface area (Å²) in [6.45, 7) is 8.84. The highest BCUT2D eigenvalue weighted by molar-refractivity contribution is 6.31. The average molecular weight is 340 g/mol. The second-order valence-corrected chi connectivity index (χ2v) is 5.47. The van der Waals surface area contributed by atoms with Crippen LogP contribution in [-0.2, 0) is 0 Å². The molecule has 1 aromatic carbocycles. The first-order valence-electron chi connectivity index (χ1n) is 6.93. The molecule has 1 heterocycles. The molecule has 116 valence electrons. The number of benzene rings is 1. The zero-order valence-electron chi connectivity index (χ0n) is 12.2. The highest BCUT2D eigenvalue weighted by Crippen LogP contribution is 2.33. The van der Waals surface area contributed by atoms with E-state index in [9.17, 15) is 0 Å². The van der Waals surface area contributed by atoms with E-state index in [1.807, 2.05) is 12.1 Å². The Labute approximate surface area is 140 Å². The number of nitrogens with zero attached hydrogens (tertiary/aromatic N) is 1. The van der Waals surface area contributed by atoms with Crippen LogP contribution < -0.4 is 5.32 Å². The predicted octanol–water partition coefficient (Wildman–Crippen LogP) is 4.24. The maximum absolute atomic E-state index is 6.44. The van der Waals surface area contributed by atoms with E-state index < -0.39 is 0 Å². The minimum absolute atomic E-state index is 0. The Hall–Kier alpha value is 0.01000. The summed E-state index contributed by atoms with van der Waals surface area (Å²) in [6, 6.07) is 6.72. The Kier molecular flexibility index (Phi) is 9.86. The minimum atomic E-state index is 0. The first-order chi connectivity index (χ1) is 8.74. The molecule has 5 heteroatoms. The van der Waals surface area contributed by atoms with Gasteiger partial charge in [0.05, 0.1) is 0 Å². The smallest absolute Gasteiger partial charge is 0.0456 e. The number of hydrogen-bond donors (Lipinski definition) is 1. The van der Waals surface area contributed by atoms with Crippen LogP contribution in [0.2, 0.25) is 5.02 Å². The Morgan fingerprint density at radius 2 is 1.90 bits per heavy atom. The van der Waals surface area contributed by atoms with Gasteiger partial charge in [0.25, 0.3) is 0 Å². The van der Waals surface area contributed by atoms with E-state index >= 15 is 0 Å². The molecule has 0 aromatic heterocycles. The lowest BCUT2D eigenvalue weighted by atomic mass is 9.95. The lowest BCUT2D eigenvalue weighted by Crippen LogP contribution is -2.45. The molecule has 20 heavy (non-hydrogen) atoms. The van der Waals surface area contributed by atoms with Gasteiger partial charge in [0.1, 0.15) is 0 Å². The van der Waals surface area contributed by atoms with Crippen molar-refractivity contribution >= 4 is 36.4 Å². The Balaban J connectivity index is 0.00000180. The third-order valence-electron chi connectivity index (χ3n) is 3.76. The summed E-state index contributed by atoms with van der Waals surface area (Å²) >= 11 is 6.44. The fourth-order valence-corrected chi connectivity index (χ4v) is 3.19. The summed E-state index contributed by atoms with van der Waals surface area (Å²) in [4.78, 5) is 2.58. The van der Waals surface area contributed by atoms with Crippen molar-refractivity contribution in [1.29, 1.82) is 0 Å². The van der Waals surface area contributed by atoms with Crippen molar-refractivity contribution < 1.29 is 0 Å². The fourth-order valence-electron chi connectivity index (χ4n) is 2.84. The van der Waals surface area contributed by atoms with Crippen LogP contribution in [0.3, 0.4) is 0 Å². The summed E-state index contributed by atoms with van der Waals surface area (Å²) in [5, 5.41) is 4.34. The molecule has 0 saturated carbocycles. The molecule has 0 bridgehead atoms. The van der Waals surface area contributed by atoms with Crippen LogP contribution in [0.1, 0.15) is 36.9 Å². The average Bonchev–Trinajstić information content (AvgIpc) is 2.38. The number of piperazine rings is 1. The topological polar surface area (TPSA) is 15.3 Å². The van der Waals surface area contributed by atoms with E-state index in [1.54, 1.807) is 0 Å². The van der Waals surface area contributed by atoms with Crippen molar-refractivity contribution in [2.45, 2.75) is 32.7 Å². The third kappa shape index (κ3) is 4.78. The van der Waals surface area contributed by atoms with Crippen molar-refractivity contribution in [2.24, 2.45) is 0 Å². The zero-order valence-corrected chi connectivity index (χ0v) is 14.6. The van der Waals surface area contributed by atoms with Crippen LogP contribution in [0.25, 0.3) is 0 Å². The molecule has 1 aromatic rings. The molecule has 0 spiro atoms. The normalized spacial score (nSPS) is 16.9. The van der Waals surface area contributed by atoms with Gasteiger partial charge in [0.2, 0.25) is 0 Å². The van der Waals surface area contributed by atoms with Gasteiger partial charge in [0, 0.05) is 37.2 Å². The predicted molar refractivity (Wildman–Crippen MR) is 92.8 cm³/mol. The number of nitrogens with one attached hydrogen (secondary N) is 1. The van der Waals surface area contributed by atoms with Gasteiger partial charge < -0.3 is 5.32 Å². The van der Waals surface area contributed by atoms with E-state index in [1.165, 1.54) is 24.0 Å². The molecule has 2 rings (SSSR count). The summed E-state index contributed by atoms with van der Waals surface area (Å²) in [5.74, 6) is 0. The van der Waals surface area contributed by atoms with Gasteiger partial charge in [0.15, 0.2) is 0 Å². The van der Waals surface area contributed by atoms with Crippen LogP contribution in [-0.4, -0.2) is 31.1 Å². The van der Waals surface area contributed by atoms with Gasteiger partial charge in [-0.1, -0.05) is 37.1 Å². The molecule has 1 N–H and O–H groups in total. The maximum atomic E-state index is 6.44. The van der Waals surface area contributed by atoms with Crippen LogP contribution in [0.15, 0.2) is 18.2 Å². The Bertz CT molecular complexity index is 372. The summed E-state index contributed by atoms with van der Waals surface area (Å²) in [7, 11) is 0. The molecule has 1 atom stereocenters. The van der Waals surface area contributed by atoms with E-state index in [2.05, 4.69) is 30.1 Å². The Morgan fingerprint density at radius 1 is 1.25 bits per heavy atom. The zero-order chi connectivity index (χ0) is 13.0. The van der Waals surface area contributed by atoms with Crippen molar-refractivity contribution in [1.82, 2.24) is 10.2 Å². The number of rotatable bonds is 4. The number of aryl methyl sites for hydroxylation is 1. The number of hydrogen-bond acceptors (Lipinski definition) is 2. The van der Waals surface area contributed by atoms with Gasteiger partial charge >= 0.3 is 0 Å². The molecule has 2 nitrogen and oxygen atoms in total. The molecule has 0 amide bonds. The van der Waals surface area contributed by atoms with Gasteiger partial charge in [-0.05, 0) is 30.5 Å². The van der Waals surface area contributed by atoms with Crippen molar-refractivity contribution in [3.63, 3.8) is 0 Å². The van der Waals surface area contributed by atoms with E-state index in [0.717, 1.165) is 31.2 Å². The molecule has 1 aliphatic rings. The first-order valence-corrected chi connectivity index (χ1v) is 7.31. The molecule has 0 aliphatic carbocycles. The Morgan fingerprint density at radius 3 is 2.45 bits per heavy atom. The fraction of sp³-hybridized carbons (Fsp3) is 0.600. The van der Waals surface area contributed by atoms with Gasteiger partial charge in [-0.15, -0.1) is 24.8 Å². The van der Waals surface area contributed by atoms with Crippen LogP contribution in [0.4, 0.5) is 0 Å². The summed E-state index contributed by atoms with van der Waals surface area (Å²) in [5.41, 5.74) is 2.65. The van der Waals surface area contributed by atoms with Crippen molar-refractivity contribution in [3.8, 4) is 0 Å². The molecule has 1 aliphatic heterocycles. The molecular weight excluding hydrogens is 315 g/mol. The van der Waals surface area contributed by atoms with E-state index in [0.29, 0.717) is 6.04 Å². The van der Waals surface area contributed by atoms with Gasteiger partial charge in [-0.25, -0.2) is 0 Å². The van der Waals surface area contributed by atoms with Crippen LogP contribution in [0, 0.1) is 6.92 Å². The molecule has 0 radical (unpaired) electrons. The maximum Gasteiger partial charge on any atom is 0.0456 e. The van der Waals surface area contributed by atoms with E-state index in [4.69, 9.17) is 11.6 Å². The molecule has 1 saturated heterocycles. The number of halogens is 3. The second kappa shape index (κ2) is 9.86. The quantitative estimate of drug-likeness (QED) is 0.882. The lowest BCUT2D eigenvalue weighted by Gasteiger charge is -2.36. The molecular formula is C15H25Cl3N2. The van der Waals surface area contributed by atoms with Crippen molar-refractivity contribution in [3.05, 3.63) is 34.3 Å². The second-order valence-electron chi connectivity index (χ2n) is 5.06. The summed E-state index contributed by atoms with van der Waals surface area (Å²) < 4.78 is 0. The monoisotopic (exact) mass is 338 g/mol. The molecule has 0 unspecified atom stereocenters. The van der Waals surface area contributed by atoms with Gasteiger partial charge in [-0.3, -0.25) is 4.90 Å². The standard InChI is InChI=1S/C15H23ClN2.2ClH/c1-3-5-14(18-10-8-17-9-11-18)15-12(2)6-4-7-13(15)16;;/h4,6-7,14,17H,3,5,8-11H2,1-2H3;2*1H/t14-;;/m0../s1. The minimum Gasteiger partial charge on any atom is -0.314 e. The third-order valence-corrected chi connectivity index (χ3v) is 4.09. The largest absolute Gasteiger partial charge is 0.314 e. The van der Waals surface area contributed by atoms with Gasteiger partial charge in [-0.2, -0.15) is 0 Å². The van der Waals surface area contributed by atoms with E-state index in [-0.39, 0.29) is 24.8 Å². The highest BCUT2D eigenvalue weighted by Gasteiger charge is 2.24. The summed E-state index contributed by atoms with van der Waals surface area (Å²) in [6.07, 6.45) is 2.38. The van der Waals surface area contributed by atoms with Crippen LogP contribution >= 0.6 is 36.4 Å².